The van der Waals surface area contributed by atoms with Crippen LogP contribution in [0, 0.1) is 0 Å². The van der Waals surface area contributed by atoms with Gasteiger partial charge in [-0.1, -0.05) is 37.8 Å². The van der Waals surface area contributed by atoms with Crippen LogP contribution >= 0.6 is 12.4 Å². The fourth-order valence-electron chi connectivity index (χ4n) is 1.65. The summed E-state index contributed by atoms with van der Waals surface area (Å²) < 4.78 is 0.732. The molecular formula is C19H33ClN3O3+. The molecular weight excluding hydrogens is 354 g/mol. The van der Waals surface area contributed by atoms with Crippen molar-refractivity contribution in [2.75, 3.05) is 27.7 Å². The highest BCUT2D eigenvalue weighted by Crippen LogP contribution is 2.03. The lowest BCUT2D eigenvalue weighted by Crippen LogP contribution is -2.54. The second kappa shape index (κ2) is 16.3. The normalized spacial score (nSPS) is 10.3. The van der Waals surface area contributed by atoms with Gasteiger partial charge in [0.05, 0.1) is 26.7 Å². The van der Waals surface area contributed by atoms with Crippen LogP contribution in [0.25, 0.3) is 0 Å². The predicted octanol–water partition coefficient (Wildman–Crippen LogP) is 2.67. The van der Waals surface area contributed by atoms with Crippen LogP contribution in [0.5, 0.6) is 0 Å². The molecule has 1 atom stereocenters. The quantitative estimate of drug-likeness (QED) is 0.303. The molecule has 0 aliphatic heterocycles. The zero-order valence-electron chi connectivity index (χ0n) is 16.1. The molecule has 0 saturated heterocycles. The Morgan fingerprint density at radius 1 is 1.23 bits per heavy atom. The van der Waals surface area contributed by atoms with Gasteiger partial charge in [0.1, 0.15) is 0 Å². The Hall–Kier alpha value is -2.15. The third-order valence-electron chi connectivity index (χ3n) is 3.00. The van der Waals surface area contributed by atoms with Gasteiger partial charge < -0.3 is 20.6 Å². The fraction of sp³-hybridized carbons (Fsp3) is 0.368. The number of hydrogen-bond donors (Lipinski definition) is 3. The summed E-state index contributed by atoms with van der Waals surface area (Å²) in [7, 11) is 6.16. The molecule has 4 N–H and O–H groups in total. The van der Waals surface area contributed by atoms with Gasteiger partial charge in [-0.15, -0.1) is 19.0 Å². The van der Waals surface area contributed by atoms with E-state index in [0.29, 0.717) is 12.1 Å². The maximum Gasteiger partial charge on any atom is 0.335 e. The van der Waals surface area contributed by atoms with Gasteiger partial charge in [0, 0.05) is 13.0 Å². The van der Waals surface area contributed by atoms with Crippen molar-refractivity contribution in [3.05, 3.63) is 61.2 Å². The van der Waals surface area contributed by atoms with Crippen molar-refractivity contribution >= 4 is 24.3 Å². The predicted molar refractivity (Wildman–Crippen MR) is 110 cm³/mol. The highest BCUT2D eigenvalue weighted by molar-refractivity contribution is 5.87. The van der Waals surface area contributed by atoms with Crippen LogP contribution in [0.4, 0.5) is 0 Å². The van der Waals surface area contributed by atoms with E-state index in [1.807, 2.05) is 0 Å². The lowest BCUT2D eigenvalue weighted by molar-refractivity contribution is -0.898. The van der Waals surface area contributed by atoms with Gasteiger partial charge in [-0.05, 0) is 18.2 Å². The minimum absolute atomic E-state index is 0. The number of carboxylic acid groups (broad SMARTS) is 1. The zero-order valence-corrected chi connectivity index (χ0v) is 17.0. The number of nitrogens with one attached hydrogen (secondary N) is 1. The van der Waals surface area contributed by atoms with Crippen molar-refractivity contribution in [1.82, 2.24) is 5.32 Å². The standard InChI is InChI=1S/C9H18N2O.C7H6O2.C3H7N.ClH/c1-6-8(11(3,4)5)10-9(12)7-2;8-7(9)6-4-2-1-3-5-6;1-2-3-4;/h7-8H,2,6H2,1,3-5H3;1-5H,(H,8,9);2H,1,3-4H2;1H/p+1. The number of nitrogens with two attached hydrogens (primary N) is 1. The number of hydrogen-bond acceptors (Lipinski definition) is 3. The maximum absolute atomic E-state index is 11.0. The topological polar surface area (TPSA) is 92.4 Å². The monoisotopic (exact) mass is 386 g/mol. The molecule has 0 aromatic heterocycles. The minimum atomic E-state index is -0.879. The third kappa shape index (κ3) is 15.4. The molecule has 1 amide bonds. The van der Waals surface area contributed by atoms with Gasteiger partial charge in [-0.25, -0.2) is 4.79 Å². The number of carboxylic acids is 1. The lowest BCUT2D eigenvalue weighted by atomic mass is 10.2. The zero-order chi connectivity index (χ0) is 19.9. The lowest BCUT2D eigenvalue weighted by Gasteiger charge is -2.33. The van der Waals surface area contributed by atoms with Gasteiger partial charge in [0.25, 0.3) is 0 Å². The number of benzene rings is 1. The van der Waals surface area contributed by atoms with Crippen LogP contribution in [-0.2, 0) is 4.79 Å². The van der Waals surface area contributed by atoms with Crippen LogP contribution < -0.4 is 11.1 Å². The summed E-state index contributed by atoms with van der Waals surface area (Å²) in [6.07, 6.45) is 4.04. The maximum atomic E-state index is 11.0. The minimum Gasteiger partial charge on any atom is -0.478 e. The van der Waals surface area contributed by atoms with Crippen molar-refractivity contribution < 1.29 is 19.2 Å². The van der Waals surface area contributed by atoms with E-state index in [0.717, 1.165) is 10.9 Å². The van der Waals surface area contributed by atoms with Crippen molar-refractivity contribution in [1.29, 1.82) is 0 Å². The SMILES string of the molecule is C=CC(=O)NC(CC)[N+](C)(C)C.C=CCN.Cl.O=C(O)c1ccccc1. The molecule has 0 aliphatic carbocycles. The van der Waals surface area contributed by atoms with Crippen LogP contribution in [-0.4, -0.2) is 55.3 Å². The second-order valence-electron chi connectivity index (χ2n) is 5.95. The van der Waals surface area contributed by atoms with E-state index in [4.69, 9.17) is 10.8 Å². The second-order valence-corrected chi connectivity index (χ2v) is 5.95. The fourth-order valence-corrected chi connectivity index (χ4v) is 1.65. The first-order valence-corrected chi connectivity index (χ1v) is 7.97. The Balaban J connectivity index is -0.000000334. The molecule has 0 bridgehead atoms. The van der Waals surface area contributed by atoms with Crippen LogP contribution in [0.3, 0.4) is 0 Å². The molecule has 1 rings (SSSR count). The van der Waals surface area contributed by atoms with E-state index in [1.54, 1.807) is 36.4 Å². The third-order valence-corrected chi connectivity index (χ3v) is 3.00. The van der Waals surface area contributed by atoms with Gasteiger partial charge in [-0.3, -0.25) is 4.79 Å². The summed E-state index contributed by atoms with van der Waals surface area (Å²) >= 11 is 0. The first kappa shape index (κ1) is 28.6. The summed E-state index contributed by atoms with van der Waals surface area (Å²) in [4.78, 5) is 21.2. The smallest absolute Gasteiger partial charge is 0.335 e. The number of amides is 1. The largest absolute Gasteiger partial charge is 0.478 e. The highest BCUT2D eigenvalue weighted by Gasteiger charge is 2.22. The average Bonchev–Trinajstić information content (AvgIpc) is 2.59. The number of quaternary nitrogens is 1. The molecule has 0 fully saturated rings. The number of nitrogens with zero attached hydrogens (tertiary/aromatic N) is 1. The number of rotatable bonds is 6. The van der Waals surface area contributed by atoms with E-state index in [2.05, 4.69) is 46.5 Å². The van der Waals surface area contributed by atoms with Crippen molar-refractivity contribution in [3.8, 4) is 0 Å². The van der Waals surface area contributed by atoms with Crippen LogP contribution in [0.2, 0.25) is 0 Å². The first-order chi connectivity index (χ1) is 11.6. The molecule has 26 heavy (non-hydrogen) atoms. The van der Waals surface area contributed by atoms with Gasteiger partial charge in [-0.2, -0.15) is 0 Å². The Kier molecular flexibility index (Phi) is 18.0. The molecule has 6 nitrogen and oxygen atoms in total. The van der Waals surface area contributed by atoms with E-state index in [-0.39, 0.29) is 24.5 Å². The average molecular weight is 387 g/mol. The van der Waals surface area contributed by atoms with Gasteiger partial charge in [0.15, 0.2) is 6.17 Å². The Morgan fingerprint density at radius 3 is 1.92 bits per heavy atom. The van der Waals surface area contributed by atoms with E-state index < -0.39 is 5.97 Å². The summed E-state index contributed by atoms with van der Waals surface area (Å²) in [6.45, 7) is 9.40. The van der Waals surface area contributed by atoms with E-state index in [9.17, 15) is 9.59 Å². The number of halogens is 1. The molecule has 7 heteroatoms. The summed E-state index contributed by atoms with van der Waals surface area (Å²) in [5, 5.41) is 11.3. The number of aromatic carboxylic acids is 1. The Labute approximate surface area is 163 Å². The first-order valence-electron chi connectivity index (χ1n) is 7.97. The molecule has 148 valence electrons. The molecule has 1 aromatic carbocycles. The van der Waals surface area contributed by atoms with Gasteiger partial charge in [0.2, 0.25) is 5.91 Å². The van der Waals surface area contributed by atoms with Gasteiger partial charge >= 0.3 is 5.97 Å². The van der Waals surface area contributed by atoms with Crippen molar-refractivity contribution in [3.63, 3.8) is 0 Å². The highest BCUT2D eigenvalue weighted by atomic mass is 35.5. The van der Waals surface area contributed by atoms with E-state index in [1.165, 1.54) is 6.08 Å². The molecule has 1 aromatic rings. The van der Waals surface area contributed by atoms with E-state index >= 15 is 0 Å². The Morgan fingerprint density at radius 2 is 1.69 bits per heavy atom. The molecule has 0 aliphatic rings. The summed E-state index contributed by atoms with van der Waals surface area (Å²) in [6, 6.07) is 8.30. The van der Waals surface area contributed by atoms with Crippen molar-refractivity contribution in [2.24, 2.45) is 5.73 Å². The van der Waals surface area contributed by atoms with Crippen LogP contribution in [0.1, 0.15) is 23.7 Å². The molecule has 1 unspecified atom stereocenters. The van der Waals surface area contributed by atoms with Crippen LogP contribution in [0.15, 0.2) is 55.6 Å². The molecule has 0 radical (unpaired) electrons. The summed E-state index contributed by atoms with van der Waals surface area (Å²) in [5.41, 5.74) is 5.24. The number of carbonyl (C=O) groups is 2. The molecule has 0 heterocycles. The van der Waals surface area contributed by atoms with Crippen molar-refractivity contribution in [2.45, 2.75) is 19.5 Å². The molecule has 0 saturated carbocycles. The number of carbonyl (C=O) groups excluding carboxylic acids is 1. The Bertz CT molecular complexity index is 529. The summed E-state index contributed by atoms with van der Waals surface area (Å²) in [5.74, 6) is -0.981. The molecule has 0 spiro atoms.